The summed E-state index contributed by atoms with van der Waals surface area (Å²) in [6.45, 7) is 4.14. The van der Waals surface area contributed by atoms with Gasteiger partial charge < -0.3 is 5.73 Å². The molecule has 0 aliphatic carbocycles. The van der Waals surface area contributed by atoms with Crippen LogP contribution in [0.2, 0.25) is 0 Å². The van der Waals surface area contributed by atoms with E-state index in [9.17, 15) is 0 Å². The van der Waals surface area contributed by atoms with Crippen molar-refractivity contribution in [3.63, 3.8) is 0 Å². The second-order valence-corrected chi connectivity index (χ2v) is 2.21. The molecule has 0 aliphatic heterocycles. The van der Waals surface area contributed by atoms with Crippen molar-refractivity contribution in [3.8, 4) is 0 Å². The van der Waals surface area contributed by atoms with Gasteiger partial charge in [-0.3, -0.25) is 0 Å². The van der Waals surface area contributed by atoms with Gasteiger partial charge >= 0.3 is 0 Å². The lowest BCUT2D eigenvalue weighted by Crippen LogP contribution is -2.00. The lowest BCUT2D eigenvalue weighted by molar-refractivity contribution is 1.11. The molecule has 0 spiro atoms. The summed E-state index contributed by atoms with van der Waals surface area (Å²) >= 11 is 1.31. The molecule has 0 radical (unpaired) electrons. The Bertz CT molecular complexity index is 192. The maximum atomic E-state index is 5.30. The summed E-state index contributed by atoms with van der Waals surface area (Å²) in [6.07, 6.45) is 0. The van der Waals surface area contributed by atoms with Crippen LogP contribution in [0.15, 0.2) is 12.0 Å². The summed E-state index contributed by atoms with van der Waals surface area (Å²) in [5.41, 5.74) is 6.95. The van der Waals surface area contributed by atoms with Crippen LogP contribution < -0.4 is 5.73 Å². The van der Waals surface area contributed by atoms with Crippen molar-refractivity contribution in [2.24, 2.45) is 5.73 Å². The summed E-state index contributed by atoms with van der Waals surface area (Å²) in [4.78, 5) is 0. The number of hydrogen-bond acceptors (Lipinski definition) is 4. The van der Waals surface area contributed by atoms with Gasteiger partial charge in [0.15, 0.2) is 0 Å². The lowest BCUT2D eigenvalue weighted by atomic mass is 10.2. The first-order valence-electron chi connectivity index (χ1n) is 2.50. The average molecular weight is 141 g/mol. The normalized spacial score (nSPS) is 9.44. The molecule has 0 bridgehead atoms. The van der Waals surface area contributed by atoms with Crippen LogP contribution in [-0.4, -0.2) is 16.1 Å². The Balaban J connectivity index is 2.77. The minimum Gasteiger partial charge on any atom is -0.326 e. The Morgan fingerprint density at radius 3 is 3.11 bits per heavy atom. The quantitative estimate of drug-likeness (QED) is 0.653. The summed E-state index contributed by atoms with van der Waals surface area (Å²) < 4.78 is 3.67. The molecular weight excluding hydrogens is 134 g/mol. The van der Waals surface area contributed by atoms with Crippen molar-refractivity contribution in [1.29, 1.82) is 0 Å². The van der Waals surface area contributed by atoms with Crippen LogP contribution in [0.3, 0.4) is 0 Å². The summed E-state index contributed by atoms with van der Waals surface area (Å²) in [6, 6.07) is 0. The van der Waals surface area contributed by atoms with Gasteiger partial charge in [0.05, 0.1) is 0 Å². The van der Waals surface area contributed by atoms with E-state index in [-0.39, 0.29) is 0 Å². The Morgan fingerprint density at radius 1 is 1.89 bits per heavy atom. The van der Waals surface area contributed by atoms with Crippen LogP contribution in [0.1, 0.15) is 5.69 Å². The average Bonchev–Trinajstić information content (AvgIpc) is 2.37. The summed E-state index contributed by atoms with van der Waals surface area (Å²) in [5, 5.41) is 5.60. The number of rotatable bonds is 2. The van der Waals surface area contributed by atoms with E-state index in [1.165, 1.54) is 11.5 Å². The smallest absolute Gasteiger partial charge is 0.102 e. The molecule has 4 heteroatoms. The van der Waals surface area contributed by atoms with Gasteiger partial charge in [-0.2, -0.15) is 0 Å². The number of nitrogens with two attached hydrogens (primary N) is 1. The SMILES string of the molecule is C=C(CN)c1csnn1. The fourth-order valence-corrected chi connectivity index (χ4v) is 0.919. The monoisotopic (exact) mass is 141 g/mol. The zero-order chi connectivity index (χ0) is 6.69. The minimum atomic E-state index is 0.450. The van der Waals surface area contributed by atoms with Crippen molar-refractivity contribution in [2.75, 3.05) is 6.54 Å². The van der Waals surface area contributed by atoms with Crippen molar-refractivity contribution in [2.45, 2.75) is 0 Å². The molecule has 1 aromatic heterocycles. The summed E-state index contributed by atoms with van der Waals surface area (Å²) in [7, 11) is 0. The minimum absolute atomic E-state index is 0.450. The van der Waals surface area contributed by atoms with E-state index >= 15 is 0 Å². The Kier molecular flexibility index (Phi) is 1.92. The molecule has 1 rings (SSSR count). The molecule has 9 heavy (non-hydrogen) atoms. The molecule has 0 atom stereocenters. The van der Waals surface area contributed by atoms with Crippen molar-refractivity contribution >= 4 is 17.1 Å². The molecular formula is C5H7N3S. The second-order valence-electron chi connectivity index (χ2n) is 1.60. The van der Waals surface area contributed by atoms with E-state index in [0.29, 0.717) is 6.54 Å². The molecule has 0 saturated carbocycles. The fraction of sp³-hybridized carbons (Fsp3) is 0.200. The standard InChI is InChI=1S/C5H7N3S/c1-4(2-6)5-3-9-8-7-5/h3H,1-2,6H2. The molecule has 3 nitrogen and oxygen atoms in total. The maximum Gasteiger partial charge on any atom is 0.102 e. The molecule has 1 heterocycles. The summed E-state index contributed by atoms with van der Waals surface area (Å²) in [5.74, 6) is 0. The molecule has 1 aromatic rings. The largest absolute Gasteiger partial charge is 0.326 e. The molecule has 0 saturated heterocycles. The molecule has 0 fully saturated rings. The maximum absolute atomic E-state index is 5.30. The van der Waals surface area contributed by atoms with Crippen LogP contribution in [0.25, 0.3) is 5.57 Å². The second kappa shape index (κ2) is 2.70. The van der Waals surface area contributed by atoms with Crippen LogP contribution in [0.4, 0.5) is 0 Å². The van der Waals surface area contributed by atoms with E-state index < -0.39 is 0 Å². The van der Waals surface area contributed by atoms with Crippen molar-refractivity contribution in [3.05, 3.63) is 17.7 Å². The number of hydrogen-bond donors (Lipinski definition) is 1. The highest BCUT2D eigenvalue weighted by Crippen LogP contribution is 2.06. The predicted octanol–water partition coefficient (Wildman–Crippen LogP) is 0.510. The van der Waals surface area contributed by atoms with E-state index in [4.69, 9.17) is 5.73 Å². The van der Waals surface area contributed by atoms with Gasteiger partial charge in [0.1, 0.15) is 5.69 Å². The third kappa shape index (κ3) is 1.34. The van der Waals surface area contributed by atoms with E-state index in [1.807, 2.05) is 5.38 Å². The highest BCUT2D eigenvalue weighted by atomic mass is 32.1. The van der Waals surface area contributed by atoms with Crippen LogP contribution >= 0.6 is 11.5 Å². The van der Waals surface area contributed by atoms with Gasteiger partial charge in [0, 0.05) is 11.9 Å². The third-order valence-electron chi connectivity index (χ3n) is 0.969. The number of nitrogens with zero attached hydrogens (tertiary/aromatic N) is 2. The highest BCUT2D eigenvalue weighted by molar-refractivity contribution is 7.03. The first-order valence-corrected chi connectivity index (χ1v) is 3.33. The topological polar surface area (TPSA) is 51.8 Å². The first kappa shape index (κ1) is 6.38. The molecule has 48 valence electrons. The van der Waals surface area contributed by atoms with Gasteiger partial charge in [0.2, 0.25) is 0 Å². The van der Waals surface area contributed by atoms with E-state index in [2.05, 4.69) is 16.2 Å². The van der Waals surface area contributed by atoms with Gasteiger partial charge in [-0.25, -0.2) is 0 Å². The van der Waals surface area contributed by atoms with E-state index in [1.54, 1.807) is 0 Å². The number of aromatic nitrogens is 2. The first-order chi connectivity index (χ1) is 4.34. The molecule has 0 aliphatic rings. The Morgan fingerprint density at radius 2 is 2.67 bits per heavy atom. The Labute approximate surface area is 57.4 Å². The van der Waals surface area contributed by atoms with Gasteiger partial charge in [0.25, 0.3) is 0 Å². The van der Waals surface area contributed by atoms with Crippen molar-refractivity contribution < 1.29 is 0 Å². The molecule has 0 amide bonds. The van der Waals surface area contributed by atoms with E-state index in [0.717, 1.165) is 11.3 Å². The molecule has 0 unspecified atom stereocenters. The van der Waals surface area contributed by atoms with Crippen LogP contribution in [0, 0.1) is 0 Å². The zero-order valence-electron chi connectivity index (χ0n) is 4.87. The predicted molar refractivity (Wildman–Crippen MR) is 38.0 cm³/mol. The third-order valence-corrected chi connectivity index (χ3v) is 1.47. The molecule has 2 N–H and O–H groups in total. The van der Waals surface area contributed by atoms with Crippen molar-refractivity contribution in [1.82, 2.24) is 9.59 Å². The van der Waals surface area contributed by atoms with Crippen LogP contribution in [0.5, 0.6) is 0 Å². The fourth-order valence-electron chi connectivity index (χ4n) is 0.423. The lowest BCUT2D eigenvalue weighted by Gasteiger charge is -1.91. The van der Waals surface area contributed by atoms with Gasteiger partial charge in [-0.1, -0.05) is 11.1 Å². The van der Waals surface area contributed by atoms with Gasteiger partial charge in [-0.05, 0) is 17.1 Å². The van der Waals surface area contributed by atoms with Crippen LogP contribution in [-0.2, 0) is 0 Å². The van der Waals surface area contributed by atoms with Gasteiger partial charge in [-0.15, -0.1) is 5.10 Å². The zero-order valence-corrected chi connectivity index (χ0v) is 5.69. The highest BCUT2D eigenvalue weighted by Gasteiger charge is 1.97. The molecule has 0 aromatic carbocycles. The Hall–Kier alpha value is -0.740.